The van der Waals surface area contributed by atoms with Gasteiger partial charge in [0.1, 0.15) is 0 Å². The fourth-order valence-corrected chi connectivity index (χ4v) is 5.26. The fraction of sp³-hybridized carbons (Fsp3) is 0.647. The van der Waals surface area contributed by atoms with Crippen LogP contribution in [-0.2, 0) is 12.8 Å². The number of fused-ring (bicyclic) bond motifs is 1. The van der Waals surface area contributed by atoms with E-state index in [-0.39, 0.29) is 5.54 Å². The molecule has 1 saturated heterocycles. The van der Waals surface area contributed by atoms with Crippen LogP contribution in [-0.4, -0.2) is 41.1 Å². The Hall–Kier alpha value is -0.510. The Labute approximate surface area is 127 Å². The molecule has 1 aromatic rings. The quantitative estimate of drug-likeness (QED) is 0.908. The topological polar surface area (TPSA) is 29.3 Å². The Morgan fingerprint density at radius 3 is 2.45 bits per heavy atom. The number of nitrogens with two attached hydrogens (primary N) is 1. The van der Waals surface area contributed by atoms with E-state index in [1.54, 1.807) is 11.1 Å². The third-order valence-corrected chi connectivity index (χ3v) is 6.75. The summed E-state index contributed by atoms with van der Waals surface area (Å²) in [5.74, 6) is 1.30. The number of hydrogen-bond donors (Lipinski definition) is 1. The number of nitrogens with zero attached hydrogens (tertiary/aromatic N) is 1. The van der Waals surface area contributed by atoms with Crippen molar-refractivity contribution in [2.45, 2.75) is 43.4 Å². The zero-order chi connectivity index (χ0) is 14.0. The lowest BCUT2D eigenvalue weighted by Gasteiger charge is -2.49. The van der Waals surface area contributed by atoms with Crippen LogP contribution in [0, 0.1) is 0 Å². The first-order valence-corrected chi connectivity index (χ1v) is 8.95. The fourth-order valence-electron chi connectivity index (χ4n) is 3.92. The van der Waals surface area contributed by atoms with Gasteiger partial charge in [-0.15, -0.1) is 0 Å². The number of hydrogen-bond acceptors (Lipinski definition) is 3. The van der Waals surface area contributed by atoms with E-state index in [4.69, 9.17) is 5.73 Å². The van der Waals surface area contributed by atoms with Gasteiger partial charge < -0.3 is 5.73 Å². The SMILES string of the molecule is CC1SCCCC1(CN)N1CCc2ccccc2CC1. The van der Waals surface area contributed by atoms with Gasteiger partial charge in [0.15, 0.2) is 0 Å². The summed E-state index contributed by atoms with van der Waals surface area (Å²) in [4.78, 5) is 2.71. The van der Waals surface area contributed by atoms with Gasteiger partial charge >= 0.3 is 0 Å². The van der Waals surface area contributed by atoms with Gasteiger partial charge in [-0.25, -0.2) is 0 Å². The van der Waals surface area contributed by atoms with E-state index in [1.165, 1.54) is 44.5 Å². The second-order valence-corrected chi connectivity index (χ2v) is 7.63. The Balaban J connectivity index is 1.81. The minimum absolute atomic E-state index is 0.227. The third kappa shape index (κ3) is 2.51. The highest BCUT2D eigenvalue weighted by Crippen LogP contribution is 2.38. The predicted molar refractivity (Wildman–Crippen MR) is 88.4 cm³/mol. The molecule has 0 aliphatic carbocycles. The maximum atomic E-state index is 6.26. The van der Waals surface area contributed by atoms with E-state index in [2.05, 4.69) is 47.9 Å². The second-order valence-electron chi connectivity index (χ2n) is 6.18. The molecule has 0 saturated carbocycles. The van der Waals surface area contributed by atoms with Crippen LogP contribution in [0.3, 0.4) is 0 Å². The Morgan fingerprint density at radius 1 is 1.25 bits per heavy atom. The number of benzene rings is 1. The van der Waals surface area contributed by atoms with Crippen LogP contribution in [0.15, 0.2) is 24.3 Å². The first kappa shape index (κ1) is 14.4. The average Bonchev–Trinajstić information content (AvgIpc) is 2.71. The predicted octanol–water partition coefficient (Wildman–Crippen LogP) is 2.70. The summed E-state index contributed by atoms with van der Waals surface area (Å²) in [7, 11) is 0. The van der Waals surface area contributed by atoms with Crippen molar-refractivity contribution in [3.8, 4) is 0 Å². The lowest BCUT2D eigenvalue weighted by molar-refractivity contribution is 0.0865. The second kappa shape index (κ2) is 6.08. The van der Waals surface area contributed by atoms with Crippen molar-refractivity contribution in [1.82, 2.24) is 4.90 Å². The largest absolute Gasteiger partial charge is 0.329 e. The average molecular weight is 290 g/mol. The Bertz CT molecular complexity index is 435. The maximum Gasteiger partial charge on any atom is 0.0447 e. The first-order valence-electron chi connectivity index (χ1n) is 7.90. The summed E-state index contributed by atoms with van der Waals surface area (Å²) in [6.45, 7) is 5.52. The Morgan fingerprint density at radius 2 is 1.90 bits per heavy atom. The molecule has 2 heterocycles. The molecule has 2 nitrogen and oxygen atoms in total. The molecule has 2 atom stereocenters. The summed E-state index contributed by atoms with van der Waals surface area (Å²) in [5.41, 5.74) is 9.57. The van der Waals surface area contributed by atoms with Crippen molar-refractivity contribution >= 4 is 11.8 Å². The molecule has 0 amide bonds. The van der Waals surface area contributed by atoms with E-state index >= 15 is 0 Å². The van der Waals surface area contributed by atoms with Crippen molar-refractivity contribution in [2.75, 3.05) is 25.4 Å². The van der Waals surface area contributed by atoms with E-state index in [9.17, 15) is 0 Å². The van der Waals surface area contributed by atoms with Crippen LogP contribution < -0.4 is 5.73 Å². The monoisotopic (exact) mass is 290 g/mol. The molecule has 1 fully saturated rings. The molecule has 0 radical (unpaired) electrons. The molecular formula is C17H26N2S. The van der Waals surface area contributed by atoms with Gasteiger partial charge in [-0.1, -0.05) is 31.2 Å². The molecule has 3 heteroatoms. The van der Waals surface area contributed by atoms with Crippen LogP contribution in [0.2, 0.25) is 0 Å². The van der Waals surface area contributed by atoms with Gasteiger partial charge in [0.25, 0.3) is 0 Å². The zero-order valence-corrected chi connectivity index (χ0v) is 13.3. The minimum Gasteiger partial charge on any atom is -0.329 e. The summed E-state index contributed by atoms with van der Waals surface area (Å²) in [6, 6.07) is 8.94. The van der Waals surface area contributed by atoms with E-state index in [1.807, 2.05) is 0 Å². The third-order valence-electron chi connectivity index (χ3n) is 5.28. The van der Waals surface area contributed by atoms with Crippen molar-refractivity contribution in [1.29, 1.82) is 0 Å². The summed E-state index contributed by atoms with van der Waals surface area (Å²) >= 11 is 2.11. The van der Waals surface area contributed by atoms with Crippen molar-refractivity contribution in [3.05, 3.63) is 35.4 Å². The lowest BCUT2D eigenvalue weighted by atomic mass is 9.87. The van der Waals surface area contributed by atoms with E-state index in [0.717, 1.165) is 6.54 Å². The molecule has 0 spiro atoms. The number of rotatable bonds is 2. The molecule has 0 aromatic heterocycles. The van der Waals surface area contributed by atoms with Crippen molar-refractivity contribution in [3.63, 3.8) is 0 Å². The van der Waals surface area contributed by atoms with Crippen molar-refractivity contribution < 1.29 is 0 Å². The molecular weight excluding hydrogens is 264 g/mol. The number of thioether (sulfide) groups is 1. The summed E-state index contributed by atoms with van der Waals surface area (Å²) in [5, 5.41) is 0.655. The Kier molecular flexibility index (Phi) is 4.39. The van der Waals surface area contributed by atoms with Crippen LogP contribution in [0.4, 0.5) is 0 Å². The highest BCUT2D eigenvalue weighted by atomic mass is 32.2. The van der Waals surface area contributed by atoms with Gasteiger partial charge in [0, 0.05) is 30.4 Å². The highest BCUT2D eigenvalue weighted by Gasteiger charge is 2.42. The minimum atomic E-state index is 0.227. The normalized spacial score (nSPS) is 31.6. The van der Waals surface area contributed by atoms with E-state index < -0.39 is 0 Å². The molecule has 20 heavy (non-hydrogen) atoms. The summed E-state index contributed by atoms with van der Waals surface area (Å²) < 4.78 is 0. The molecule has 1 aromatic carbocycles. The summed E-state index contributed by atoms with van der Waals surface area (Å²) in [6.07, 6.45) is 4.94. The van der Waals surface area contributed by atoms with Crippen molar-refractivity contribution in [2.24, 2.45) is 5.73 Å². The van der Waals surface area contributed by atoms with Crippen LogP contribution in [0.5, 0.6) is 0 Å². The van der Waals surface area contributed by atoms with Gasteiger partial charge in [0.2, 0.25) is 0 Å². The molecule has 0 bridgehead atoms. The molecule has 110 valence electrons. The molecule has 3 rings (SSSR count). The van der Waals surface area contributed by atoms with Gasteiger partial charge in [0.05, 0.1) is 0 Å². The standard InChI is InChI=1S/C17H26N2S/c1-14-17(13-18,9-4-12-20-14)19-10-7-15-5-2-3-6-16(15)8-11-19/h2-3,5-6,14H,4,7-13,18H2,1H3. The maximum absolute atomic E-state index is 6.26. The first-order chi connectivity index (χ1) is 9.76. The van der Waals surface area contributed by atoms with Gasteiger partial charge in [-0.05, 0) is 42.6 Å². The molecule has 2 aliphatic heterocycles. The van der Waals surface area contributed by atoms with Gasteiger partial charge in [-0.2, -0.15) is 11.8 Å². The zero-order valence-electron chi connectivity index (χ0n) is 12.5. The molecule has 2 unspecified atom stereocenters. The lowest BCUT2D eigenvalue weighted by Crippen LogP contribution is -2.61. The highest BCUT2D eigenvalue weighted by molar-refractivity contribution is 8.00. The van der Waals surface area contributed by atoms with E-state index in [0.29, 0.717) is 5.25 Å². The van der Waals surface area contributed by atoms with Crippen LogP contribution >= 0.6 is 11.8 Å². The van der Waals surface area contributed by atoms with Gasteiger partial charge in [-0.3, -0.25) is 4.90 Å². The van der Waals surface area contributed by atoms with Crippen LogP contribution in [0.1, 0.15) is 30.9 Å². The smallest absolute Gasteiger partial charge is 0.0447 e. The molecule has 2 N–H and O–H groups in total. The molecule has 2 aliphatic rings. The van der Waals surface area contributed by atoms with Crippen LogP contribution in [0.25, 0.3) is 0 Å².